The van der Waals surface area contributed by atoms with Crippen molar-refractivity contribution in [1.82, 2.24) is 19.7 Å². The lowest BCUT2D eigenvalue weighted by Crippen LogP contribution is -2.38. The smallest absolute Gasteiger partial charge is 0.256 e. The maximum Gasteiger partial charge on any atom is 0.256 e. The summed E-state index contributed by atoms with van der Waals surface area (Å²) in [7, 11) is 1.92. The number of benzene rings is 2. The third kappa shape index (κ3) is 2.63. The third-order valence-electron chi connectivity index (χ3n) is 5.43. The van der Waals surface area contributed by atoms with Gasteiger partial charge in [-0.1, -0.05) is 42.5 Å². The zero-order valence-corrected chi connectivity index (χ0v) is 15.1. The largest absolute Gasteiger partial charge is 0.360 e. The summed E-state index contributed by atoms with van der Waals surface area (Å²) in [4.78, 5) is 18.5. The van der Waals surface area contributed by atoms with E-state index in [4.69, 9.17) is 0 Å². The minimum atomic E-state index is 0.0656. The molecule has 1 aliphatic rings. The lowest BCUT2D eigenvalue weighted by molar-refractivity contribution is 0.0727. The van der Waals surface area contributed by atoms with Gasteiger partial charge in [0.2, 0.25) is 0 Å². The second-order valence-corrected chi connectivity index (χ2v) is 7.13. The Morgan fingerprint density at radius 3 is 2.81 bits per heavy atom. The molecule has 0 radical (unpaired) electrons. The van der Waals surface area contributed by atoms with E-state index >= 15 is 0 Å². The van der Waals surface area contributed by atoms with Crippen LogP contribution in [-0.2, 0) is 13.6 Å². The van der Waals surface area contributed by atoms with Crippen molar-refractivity contribution in [2.75, 3.05) is 6.54 Å². The highest BCUT2D eigenvalue weighted by molar-refractivity contribution is 6.06. The van der Waals surface area contributed by atoms with E-state index in [1.54, 1.807) is 0 Å². The number of hydrogen-bond acceptors (Lipinski definition) is 2. The number of aryl methyl sites for hydroxylation is 1. The zero-order chi connectivity index (χ0) is 18.4. The molecule has 0 bridgehead atoms. The van der Waals surface area contributed by atoms with Gasteiger partial charge in [0.1, 0.15) is 0 Å². The average molecular weight is 356 g/mol. The molecule has 27 heavy (non-hydrogen) atoms. The molecule has 5 nitrogen and oxygen atoms in total. The maximum atomic E-state index is 13.4. The van der Waals surface area contributed by atoms with Gasteiger partial charge in [0.25, 0.3) is 5.91 Å². The Kier molecular flexibility index (Phi) is 3.60. The summed E-state index contributed by atoms with van der Waals surface area (Å²) < 4.78 is 1.82. The molecule has 5 rings (SSSR count). The van der Waals surface area contributed by atoms with Crippen LogP contribution in [0.2, 0.25) is 0 Å². The summed E-state index contributed by atoms with van der Waals surface area (Å²) in [5.74, 6) is 0.202. The standard InChI is InChI=1S/C22H20N4O/c1-25-12-16(10-24-25)20-14-26(13-15-6-2-3-7-17(15)20)22(27)19-11-23-21-9-5-4-8-18(19)21/h2-12,20,23H,13-14H2,1H3. The Morgan fingerprint density at radius 2 is 1.96 bits per heavy atom. The monoisotopic (exact) mass is 356 g/mol. The minimum Gasteiger partial charge on any atom is -0.360 e. The molecule has 0 saturated carbocycles. The second-order valence-electron chi connectivity index (χ2n) is 7.13. The van der Waals surface area contributed by atoms with Crippen LogP contribution in [0, 0.1) is 0 Å². The van der Waals surface area contributed by atoms with Crippen molar-refractivity contribution < 1.29 is 4.79 Å². The average Bonchev–Trinajstić information content (AvgIpc) is 3.33. The van der Waals surface area contributed by atoms with Crippen molar-refractivity contribution in [1.29, 1.82) is 0 Å². The Balaban J connectivity index is 1.55. The van der Waals surface area contributed by atoms with Gasteiger partial charge in [-0.3, -0.25) is 9.48 Å². The van der Waals surface area contributed by atoms with Crippen molar-refractivity contribution in [2.45, 2.75) is 12.5 Å². The van der Waals surface area contributed by atoms with Crippen LogP contribution < -0.4 is 0 Å². The highest BCUT2D eigenvalue weighted by Gasteiger charge is 2.31. The van der Waals surface area contributed by atoms with Gasteiger partial charge in [0.05, 0.1) is 11.8 Å². The molecule has 1 N–H and O–H groups in total. The number of H-pyrrole nitrogens is 1. The summed E-state index contributed by atoms with van der Waals surface area (Å²) in [6.45, 7) is 1.28. The van der Waals surface area contributed by atoms with Crippen molar-refractivity contribution in [3.63, 3.8) is 0 Å². The summed E-state index contributed by atoms with van der Waals surface area (Å²) in [5, 5.41) is 5.31. The maximum absolute atomic E-state index is 13.4. The molecular weight excluding hydrogens is 336 g/mol. The molecule has 1 unspecified atom stereocenters. The van der Waals surface area contributed by atoms with Crippen LogP contribution in [0.3, 0.4) is 0 Å². The quantitative estimate of drug-likeness (QED) is 0.595. The highest BCUT2D eigenvalue weighted by Crippen LogP contribution is 2.34. The van der Waals surface area contributed by atoms with Crippen LogP contribution in [0.25, 0.3) is 10.9 Å². The molecule has 2 aromatic carbocycles. The molecule has 1 atom stereocenters. The first kappa shape index (κ1) is 15.9. The van der Waals surface area contributed by atoms with Crippen LogP contribution in [0.4, 0.5) is 0 Å². The van der Waals surface area contributed by atoms with Crippen molar-refractivity contribution in [2.24, 2.45) is 7.05 Å². The predicted molar refractivity (Wildman–Crippen MR) is 105 cm³/mol. The van der Waals surface area contributed by atoms with Crippen LogP contribution in [0.5, 0.6) is 0 Å². The predicted octanol–water partition coefficient (Wildman–Crippen LogP) is 3.69. The van der Waals surface area contributed by atoms with E-state index in [1.807, 2.05) is 65.6 Å². The first-order valence-electron chi connectivity index (χ1n) is 9.12. The lowest BCUT2D eigenvalue weighted by atomic mass is 9.86. The van der Waals surface area contributed by atoms with Gasteiger partial charge < -0.3 is 9.88 Å². The molecule has 0 aliphatic carbocycles. The summed E-state index contributed by atoms with van der Waals surface area (Å²) in [6, 6.07) is 16.3. The number of amides is 1. The number of carbonyl (C=O) groups excluding carboxylic acids is 1. The van der Waals surface area contributed by atoms with E-state index < -0.39 is 0 Å². The van der Waals surface area contributed by atoms with E-state index in [2.05, 4.69) is 28.3 Å². The Labute approximate surface area is 157 Å². The van der Waals surface area contributed by atoms with Gasteiger partial charge in [0.15, 0.2) is 0 Å². The van der Waals surface area contributed by atoms with Gasteiger partial charge in [-0.25, -0.2) is 0 Å². The van der Waals surface area contributed by atoms with Gasteiger partial charge in [-0.2, -0.15) is 5.10 Å². The molecule has 0 saturated heterocycles. The number of nitrogens with one attached hydrogen (secondary N) is 1. The molecule has 1 aliphatic heterocycles. The summed E-state index contributed by atoms with van der Waals surface area (Å²) in [5.41, 5.74) is 5.35. The SMILES string of the molecule is Cn1cc(C2CN(C(=O)c3c[nH]c4ccccc34)Cc3ccccc32)cn1. The van der Waals surface area contributed by atoms with Crippen molar-refractivity contribution in [3.05, 3.63) is 89.4 Å². The van der Waals surface area contributed by atoms with E-state index in [0.29, 0.717) is 13.1 Å². The number of nitrogens with zero attached hydrogens (tertiary/aromatic N) is 3. The Bertz CT molecular complexity index is 1140. The minimum absolute atomic E-state index is 0.0656. The number of aromatic nitrogens is 3. The van der Waals surface area contributed by atoms with Crippen LogP contribution in [0.15, 0.2) is 67.1 Å². The normalized spacial score (nSPS) is 16.5. The Hall–Kier alpha value is -3.34. The number of hydrogen-bond donors (Lipinski definition) is 1. The third-order valence-corrected chi connectivity index (χ3v) is 5.43. The molecule has 0 fully saturated rings. The van der Waals surface area contributed by atoms with Crippen LogP contribution >= 0.6 is 0 Å². The number of para-hydroxylation sites is 1. The number of carbonyl (C=O) groups is 1. The van der Waals surface area contributed by atoms with Gasteiger partial charge in [-0.05, 0) is 22.8 Å². The van der Waals surface area contributed by atoms with E-state index in [9.17, 15) is 4.79 Å². The zero-order valence-electron chi connectivity index (χ0n) is 15.1. The molecule has 4 aromatic rings. The first-order valence-corrected chi connectivity index (χ1v) is 9.12. The molecule has 5 heteroatoms. The number of aromatic amines is 1. The van der Waals surface area contributed by atoms with Crippen molar-refractivity contribution in [3.8, 4) is 0 Å². The van der Waals surface area contributed by atoms with E-state index in [-0.39, 0.29) is 11.8 Å². The fraction of sp³-hybridized carbons (Fsp3) is 0.182. The molecule has 2 aromatic heterocycles. The van der Waals surface area contributed by atoms with E-state index in [1.165, 1.54) is 11.1 Å². The fourth-order valence-electron chi connectivity index (χ4n) is 4.09. The van der Waals surface area contributed by atoms with Gasteiger partial charge >= 0.3 is 0 Å². The molecule has 3 heterocycles. The van der Waals surface area contributed by atoms with Gasteiger partial charge in [-0.15, -0.1) is 0 Å². The summed E-state index contributed by atoms with van der Waals surface area (Å²) in [6.07, 6.45) is 5.77. The molecule has 134 valence electrons. The molecule has 0 spiro atoms. The van der Waals surface area contributed by atoms with Crippen molar-refractivity contribution >= 4 is 16.8 Å². The molecule has 1 amide bonds. The highest BCUT2D eigenvalue weighted by atomic mass is 16.2. The first-order chi connectivity index (χ1) is 13.2. The fourth-order valence-corrected chi connectivity index (χ4v) is 4.09. The van der Waals surface area contributed by atoms with Crippen LogP contribution in [-0.4, -0.2) is 32.1 Å². The summed E-state index contributed by atoms with van der Waals surface area (Å²) >= 11 is 0. The van der Waals surface area contributed by atoms with Crippen LogP contribution in [0.1, 0.15) is 33.0 Å². The Morgan fingerprint density at radius 1 is 1.15 bits per heavy atom. The number of fused-ring (bicyclic) bond motifs is 2. The van der Waals surface area contributed by atoms with Gasteiger partial charge in [0, 0.05) is 49.4 Å². The topological polar surface area (TPSA) is 53.9 Å². The van der Waals surface area contributed by atoms with E-state index in [0.717, 1.165) is 22.0 Å². The second kappa shape index (κ2) is 6.13. The number of rotatable bonds is 2. The lowest BCUT2D eigenvalue weighted by Gasteiger charge is -2.34. The molecular formula is C22H20N4O.